The molecular weight excluding hydrogens is 238 g/mol. The summed E-state index contributed by atoms with van der Waals surface area (Å²) >= 11 is 0. The highest BCUT2D eigenvalue weighted by molar-refractivity contribution is 5.10. The maximum Gasteiger partial charge on any atom is 0.234 e. The molecule has 0 bridgehead atoms. The molecule has 2 aliphatic carbocycles. The van der Waals surface area contributed by atoms with Gasteiger partial charge in [0.2, 0.25) is 5.89 Å². The Kier molecular flexibility index (Phi) is 3.61. The van der Waals surface area contributed by atoms with Crippen molar-refractivity contribution >= 4 is 0 Å². The highest BCUT2D eigenvalue weighted by Gasteiger charge is 2.40. The van der Waals surface area contributed by atoms with E-state index < -0.39 is 0 Å². The van der Waals surface area contributed by atoms with E-state index in [0.717, 1.165) is 30.5 Å². The first-order chi connectivity index (χ1) is 9.23. The predicted octanol–water partition coefficient (Wildman–Crippen LogP) is 3.13. The first-order valence-electron chi connectivity index (χ1n) is 7.78. The van der Waals surface area contributed by atoms with Crippen LogP contribution in [0.3, 0.4) is 0 Å². The lowest BCUT2D eigenvalue weighted by atomic mass is 9.82. The average Bonchev–Trinajstić information content (AvgIpc) is 3.09. The Morgan fingerprint density at radius 1 is 1.21 bits per heavy atom. The Balaban J connectivity index is 1.75. The van der Waals surface area contributed by atoms with Crippen LogP contribution in [0.5, 0.6) is 0 Å². The normalized spacial score (nSPS) is 30.6. The molecule has 106 valence electrons. The molecule has 0 aliphatic heterocycles. The van der Waals surface area contributed by atoms with Crippen molar-refractivity contribution in [3.63, 3.8) is 0 Å². The van der Waals surface area contributed by atoms with Gasteiger partial charge in [0.15, 0.2) is 5.82 Å². The van der Waals surface area contributed by atoms with E-state index in [4.69, 9.17) is 15.2 Å². The van der Waals surface area contributed by atoms with Crippen molar-refractivity contribution < 1.29 is 4.52 Å². The van der Waals surface area contributed by atoms with Crippen molar-refractivity contribution in [2.24, 2.45) is 11.7 Å². The summed E-state index contributed by atoms with van der Waals surface area (Å²) < 4.78 is 5.58. The van der Waals surface area contributed by atoms with Crippen LogP contribution in [0, 0.1) is 5.92 Å². The minimum absolute atomic E-state index is 0.0206. The second kappa shape index (κ2) is 5.23. The van der Waals surface area contributed by atoms with Crippen LogP contribution in [-0.2, 0) is 5.41 Å². The fourth-order valence-corrected chi connectivity index (χ4v) is 3.69. The van der Waals surface area contributed by atoms with Gasteiger partial charge < -0.3 is 10.3 Å². The Morgan fingerprint density at radius 2 is 1.89 bits per heavy atom. The van der Waals surface area contributed by atoms with Gasteiger partial charge in [-0.05, 0) is 31.6 Å². The SMILES string of the molecule is CC1CCC(c2noc(C3(CN)CCCC3)n2)CC1. The Bertz CT molecular complexity index is 415. The number of nitrogens with two attached hydrogens (primary N) is 1. The zero-order valence-electron chi connectivity index (χ0n) is 11.9. The largest absolute Gasteiger partial charge is 0.339 e. The second-order valence-corrected chi connectivity index (χ2v) is 6.61. The van der Waals surface area contributed by atoms with E-state index in [0.29, 0.717) is 12.5 Å². The fourth-order valence-electron chi connectivity index (χ4n) is 3.69. The minimum atomic E-state index is -0.0206. The molecule has 1 aromatic heterocycles. The van der Waals surface area contributed by atoms with Crippen LogP contribution in [-0.4, -0.2) is 16.7 Å². The molecule has 1 heterocycles. The summed E-state index contributed by atoms with van der Waals surface area (Å²) in [4.78, 5) is 4.73. The van der Waals surface area contributed by atoms with Gasteiger partial charge in [-0.2, -0.15) is 4.98 Å². The third-order valence-corrected chi connectivity index (χ3v) is 5.23. The van der Waals surface area contributed by atoms with Crippen LogP contribution in [0.1, 0.15) is 75.9 Å². The molecule has 0 unspecified atom stereocenters. The van der Waals surface area contributed by atoms with Crippen molar-refractivity contribution in [2.75, 3.05) is 6.54 Å². The van der Waals surface area contributed by atoms with Crippen molar-refractivity contribution in [2.45, 2.75) is 69.6 Å². The van der Waals surface area contributed by atoms with Gasteiger partial charge >= 0.3 is 0 Å². The van der Waals surface area contributed by atoms with Crippen molar-refractivity contribution in [1.82, 2.24) is 10.1 Å². The molecule has 1 aromatic rings. The molecule has 4 heteroatoms. The topological polar surface area (TPSA) is 64.9 Å². The zero-order valence-corrected chi connectivity index (χ0v) is 11.9. The molecule has 0 amide bonds. The molecule has 0 aromatic carbocycles. The lowest BCUT2D eigenvalue weighted by molar-refractivity contribution is 0.279. The molecule has 0 spiro atoms. The Labute approximate surface area is 115 Å². The highest BCUT2D eigenvalue weighted by atomic mass is 16.5. The van der Waals surface area contributed by atoms with E-state index in [-0.39, 0.29) is 5.41 Å². The zero-order chi connectivity index (χ0) is 13.3. The third-order valence-electron chi connectivity index (χ3n) is 5.23. The summed E-state index contributed by atoms with van der Waals surface area (Å²) in [6.07, 6.45) is 9.66. The van der Waals surface area contributed by atoms with Gasteiger partial charge in [-0.1, -0.05) is 37.8 Å². The van der Waals surface area contributed by atoms with Crippen LogP contribution in [0.2, 0.25) is 0 Å². The molecule has 2 N–H and O–H groups in total. The van der Waals surface area contributed by atoms with E-state index in [1.807, 2.05) is 0 Å². The standard InChI is InChI=1S/C15H25N3O/c1-11-4-6-12(7-5-11)13-17-14(19-18-13)15(10-16)8-2-3-9-15/h11-12H,2-10,16H2,1H3. The van der Waals surface area contributed by atoms with Gasteiger partial charge in [0.1, 0.15) is 0 Å². The summed E-state index contributed by atoms with van der Waals surface area (Å²) in [5, 5.41) is 4.26. The van der Waals surface area contributed by atoms with Gasteiger partial charge in [0.25, 0.3) is 0 Å². The Hall–Kier alpha value is -0.900. The molecule has 2 saturated carbocycles. The first-order valence-corrected chi connectivity index (χ1v) is 7.78. The summed E-state index contributed by atoms with van der Waals surface area (Å²) in [6, 6.07) is 0. The van der Waals surface area contributed by atoms with Gasteiger partial charge in [-0.3, -0.25) is 0 Å². The smallest absolute Gasteiger partial charge is 0.234 e. The quantitative estimate of drug-likeness (QED) is 0.910. The van der Waals surface area contributed by atoms with E-state index >= 15 is 0 Å². The number of aromatic nitrogens is 2. The van der Waals surface area contributed by atoms with Gasteiger partial charge in [0.05, 0.1) is 5.41 Å². The van der Waals surface area contributed by atoms with Crippen LogP contribution in [0.4, 0.5) is 0 Å². The number of hydrogen-bond donors (Lipinski definition) is 1. The molecule has 2 fully saturated rings. The van der Waals surface area contributed by atoms with Crippen molar-refractivity contribution in [3.8, 4) is 0 Å². The second-order valence-electron chi connectivity index (χ2n) is 6.61. The van der Waals surface area contributed by atoms with Crippen LogP contribution in [0.25, 0.3) is 0 Å². The van der Waals surface area contributed by atoms with Crippen LogP contribution >= 0.6 is 0 Å². The summed E-state index contributed by atoms with van der Waals surface area (Å²) in [6.45, 7) is 2.97. The lowest BCUT2D eigenvalue weighted by Gasteiger charge is -2.24. The average molecular weight is 263 g/mol. The van der Waals surface area contributed by atoms with E-state index in [1.165, 1.54) is 38.5 Å². The van der Waals surface area contributed by atoms with E-state index in [9.17, 15) is 0 Å². The lowest BCUT2D eigenvalue weighted by Crippen LogP contribution is -2.32. The molecular formula is C15H25N3O. The van der Waals surface area contributed by atoms with E-state index in [1.54, 1.807) is 0 Å². The molecule has 2 aliphatic rings. The number of hydrogen-bond acceptors (Lipinski definition) is 4. The molecule has 0 radical (unpaired) electrons. The summed E-state index contributed by atoms with van der Waals surface area (Å²) in [5.41, 5.74) is 5.96. The monoisotopic (exact) mass is 263 g/mol. The minimum Gasteiger partial charge on any atom is -0.339 e. The third kappa shape index (κ3) is 2.42. The first kappa shape index (κ1) is 13.1. The molecule has 4 nitrogen and oxygen atoms in total. The van der Waals surface area contributed by atoms with Crippen LogP contribution in [0.15, 0.2) is 4.52 Å². The molecule has 0 atom stereocenters. The van der Waals surface area contributed by atoms with E-state index in [2.05, 4.69) is 12.1 Å². The summed E-state index contributed by atoms with van der Waals surface area (Å²) in [7, 11) is 0. The summed E-state index contributed by atoms with van der Waals surface area (Å²) in [5.74, 6) is 3.10. The maximum atomic E-state index is 5.98. The molecule has 0 saturated heterocycles. The fraction of sp³-hybridized carbons (Fsp3) is 0.867. The molecule has 3 rings (SSSR count). The number of nitrogens with zero attached hydrogens (tertiary/aromatic N) is 2. The number of rotatable bonds is 3. The van der Waals surface area contributed by atoms with Crippen molar-refractivity contribution in [3.05, 3.63) is 11.7 Å². The maximum absolute atomic E-state index is 5.98. The highest BCUT2D eigenvalue weighted by Crippen LogP contribution is 2.41. The Morgan fingerprint density at radius 3 is 2.53 bits per heavy atom. The predicted molar refractivity (Wildman–Crippen MR) is 73.9 cm³/mol. The van der Waals surface area contributed by atoms with Gasteiger partial charge in [-0.15, -0.1) is 0 Å². The van der Waals surface area contributed by atoms with Crippen molar-refractivity contribution in [1.29, 1.82) is 0 Å². The van der Waals surface area contributed by atoms with Gasteiger partial charge in [-0.25, -0.2) is 0 Å². The van der Waals surface area contributed by atoms with Gasteiger partial charge in [0, 0.05) is 12.5 Å². The molecule has 19 heavy (non-hydrogen) atoms. The van der Waals surface area contributed by atoms with Crippen LogP contribution < -0.4 is 5.73 Å².